The molecule has 1 nitrogen and oxygen atoms in total. The maximum Gasteiger partial charge on any atom is 0.0453 e. The predicted octanol–water partition coefficient (Wildman–Crippen LogP) is 4.70. The third-order valence-electron chi connectivity index (χ3n) is 3.86. The van der Waals surface area contributed by atoms with Crippen molar-refractivity contribution in [2.75, 3.05) is 6.54 Å². The van der Waals surface area contributed by atoms with Crippen molar-refractivity contribution in [1.82, 2.24) is 5.32 Å². The Hall–Kier alpha value is -0.240. The highest BCUT2D eigenvalue weighted by molar-refractivity contribution is 6.35. The SMILES string of the molecule is CC1CCC(NCCc2ccc(Cl)cc2Cl)CC1. The molecule has 0 bridgehead atoms. The van der Waals surface area contributed by atoms with Gasteiger partial charge in [0.25, 0.3) is 0 Å². The van der Waals surface area contributed by atoms with E-state index in [-0.39, 0.29) is 0 Å². The summed E-state index contributed by atoms with van der Waals surface area (Å²) in [4.78, 5) is 0. The van der Waals surface area contributed by atoms with Crippen LogP contribution in [0.5, 0.6) is 0 Å². The van der Waals surface area contributed by atoms with Gasteiger partial charge in [0.05, 0.1) is 0 Å². The number of halogens is 2. The number of hydrogen-bond acceptors (Lipinski definition) is 1. The van der Waals surface area contributed by atoms with Crippen LogP contribution in [0.25, 0.3) is 0 Å². The summed E-state index contributed by atoms with van der Waals surface area (Å²) >= 11 is 12.0. The van der Waals surface area contributed by atoms with Crippen molar-refractivity contribution < 1.29 is 0 Å². The first kappa shape index (κ1) is 14.2. The molecule has 0 amide bonds. The molecule has 1 N–H and O–H groups in total. The van der Waals surface area contributed by atoms with Gasteiger partial charge in [-0.3, -0.25) is 0 Å². The van der Waals surface area contributed by atoms with Crippen molar-refractivity contribution in [3.8, 4) is 0 Å². The van der Waals surface area contributed by atoms with Crippen LogP contribution in [0.2, 0.25) is 10.0 Å². The minimum atomic E-state index is 0.701. The summed E-state index contributed by atoms with van der Waals surface area (Å²) in [5.74, 6) is 0.911. The summed E-state index contributed by atoms with van der Waals surface area (Å²) in [6, 6.07) is 6.45. The number of hydrogen-bond donors (Lipinski definition) is 1. The first-order valence-electron chi connectivity index (χ1n) is 6.82. The van der Waals surface area contributed by atoms with Crippen LogP contribution >= 0.6 is 23.2 Å². The zero-order valence-corrected chi connectivity index (χ0v) is 12.4. The van der Waals surface area contributed by atoms with Gasteiger partial charge < -0.3 is 5.32 Å². The van der Waals surface area contributed by atoms with Gasteiger partial charge >= 0.3 is 0 Å². The fourth-order valence-corrected chi connectivity index (χ4v) is 3.10. The molecular formula is C15H21Cl2N. The third-order valence-corrected chi connectivity index (χ3v) is 4.45. The van der Waals surface area contributed by atoms with E-state index >= 15 is 0 Å². The summed E-state index contributed by atoms with van der Waals surface area (Å²) in [7, 11) is 0. The fraction of sp³-hybridized carbons (Fsp3) is 0.600. The average Bonchev–Trinajstić information content (AvgIpc) is 2.34. The average molecular weight is 286 g/mol. The van der Waals surface area contributed by atoms with Crippen molar-refractivity contribution in [2.45, 2.75) is 45.1 Å². The monoisotopic (exact) mass is 285 g/mol. The van der Waals surface area contributed by atoms with Crippen molar-refractivity contribution in [3.05, 3.63) is 33.8 Å². The maximum absolute atomic E-state index is 6.16. The Bertz CT molecular complexity index is 384. The molecule has 0 saturated heterocycles. The lowest BCUT2D eigenvalue weighted by Crippen LogP contribution is -2.34. The van der Waals surface area contributed by atoms with Gasteiger partial charge in [0, 0.05) is 16.1 Å². The first-order chi connectivity index (χ1) is 8.65. The molecule has 0 aromatic heterocycles. The van der Waals surface area contributed by atoms with Crippen molar-refractivity contribution in [2.24, 2.45) is 5.92 Å². The van der Waals surface area contributed by atoms with E-state index in [0.29, 0.717) is 11.1 Å². The van der Waals surface area contributed by atoms with E-state index in [9.17, 15) is 0 Å². The van der Waals surface area contributed by atoms with Gasteiger partial charge in [0.1, 0.15) is 0 Å². The Morgan fingerprint density at radius 3 is 2.56 bits per heavy atom. The van der Waals surface area contributed by atoms with E-state index < -0.39 is 0 Å². The molecule has 0 spiro atoms. The number of nitrogens with one attached hydrogen (secondary N) is 1. The van der Waals surface area contributed by atoms with Crippen LogP contribution in [0.3, 0.4) is 0 Å². The first-order valence-corrected chi connectivity index (χ1v) is 7.58. The van der Waals surface area contributed by atoms with E-state index in [1.54, 1.807) is 0 Å². The van der Waals surface area contributed by atoms with Crippen molar-refractivity contribution in [3.63, 3.8) is 0 Å². The Morgan fingerprint density at radius 1 is 1.17 bits per heavy atom. The van der Waals surface area contributed by atoms with Gasteiger partial charge in [-0.05, 0) is 62.3 Å². The lowest BCUT2D eigenvalue weighted by Gasteiger charge is -2.27. The molecule has 2 rings (SSSR count). The highest BCUT2D eigenvalue weighted by Gasteiger charge is 2.17. The second-order valence-corrected chi connectivity index (χ2v) is 6.24. The van der Waals surface area contributed by atoms with Gasteiger partial charge in [-0.25, -0.2) is 0 Å². The minimum Gasteiger partial charge on any atom is -0.314 e. The Labute approximate surface area is 120 Å². The molecule has 1 aliphatic carbocycles. The second-order valence-electron chi connectivity index (χ2n) is 5.40. The topological polar surface area (TPSA) is 12.0 Å². The van der Waals surface area contributed by atoms with Crippen molar-refractivity contribution in [1.29, 1.82) is 0 Å². The van der Waals surface area contributed by atoms with Gasteiger partial charge in [-0.1, -0.05) is 36.2 Å². The molecule has 1 fully saturated rings. The molecule has 0 atom stereocenters. The molecule has 100 valence electrons. The van der Waals surface area contributed by atoms with Crippen LogP contribution in [0.1, 0.15) is 38.2 Å². The summed E-state index contributed by atoms with van der Waals surface area (Å²) in [5, 5.41) is 5.13. The van der Waals surface area contributed by atoms with E-state index in [0.717, 1.165) is 23.9 Å². The van der Waals surface area contributed by atoms with Gasteiger partial charge in [-0.2, -0.15) is 0 Å². The van der Waals surface area contributed by atoms with Crippen molar-refractivity contribution >= 4 is 23.2 Å². The standard InChI is InChI=1S/C15H21Cl2N/c1-11-2-6-14(7-3-11)18-9-8-12-4-5-13(16)10-15(12)17/h4-5,10-11,14,18H,2-3,6-9H2,1H3. The van der Waals surface area contributed by atoms with Gasteiger partial charge in [0.2, 0.25) is 0 Å². The molecule has 1 aromatic rings. The van der Waals surface area contributed by atoms with Crippen LogP contribution in [-0.2, 0) is 6.42 Å². The summed E-state index contributed by atoms with van der Waals surface area (Å²) in [5.41, 5.74) is 1.18. The molecule has 1 saturated carbocycles. The number of benzene rings is 1. The molecule has 0 heterocycles. The zero-order valence-electron chi connectivity index (χ0n) is 10.9. The fourth-order valence-electron chi connectivity index (χ4n) is 2.60. The Kier molecular flexibility index (Phi) is 5.35. The van der Waals surface area contributed by atoms with Crippen LogP contribution in [-0.4, -0.2) is 12.6 Å². The van der Waals surface area contributed by atoms with Gasteiger partial charge in [-0.15, -0.1) is 0 Å². The molecule has 0 unspecified atom stereocenters. The van der Waals surface area contributed by atoms with Crippen LogP contribution in [0, 0.1) is 5.92 Å². The Morgan fingerprint density at radius 2 is 1.89 bits per heavy atom. The van der Waals surface area contributed by atoms with E-state index in [1.807, 2.05) is 18.2 Å². The van der Waals surface area contributed by atoms with Crippen LogP contribution in [0.4, 0.5) is 0 Å². The summed E-state index contributed by atoms with van der Waals surface area (Å²) < 4.78 is 0. The molecule has 18 heavy (non-hydrogen) atoms. The normalized spacial score (nSPS) is 24.2. The van der Waals surface area contributed by atoms with E-state index in [2.05, 4.69) is 12.2 Å². The molecule has 3 heteroatoms. The third kappa shape index (κ3) is 4.15. The number of rotatable bonds is 4. The van der Waals surface area contributed by atoms with E-state index in [4.69, 9.17) is 23.2 Å². The molecule has 1 aliphatic rings. The quantitative estimate of drug-likeness (QED) is 0.845. The highest BCUT2D eigenvalue weighted by Crippen LogP contribution is 2.24. The maximum atomic E-state index is 6.16. The smallest absolute Gasteiger partial charge is 0.0453 e. The molecular weight excluding hydrogens is 265 g/mol. The minimum absolute atomic E-state index is 0.701. The van der Waals surface area contributed by atoms with Crippen LogP contribution < -0.4 is 5.32 Å². The summed E-state index contributed by atoms with van der Waals surface area (Å²) in [6.45, 7) is 3.35. The zero-order chi connectivity index (χ0) is 13.0. The Balaban J connectivity index is 1.75. The van der Waals surface area contributed by atoms with E-state index in [1.165, 1.54) is 31.2 Å². The highest BCUT2D eigenvalue weighted by atomic mass is 35.5. The largest absolute Gasteiger partial charge is 0.314 e. The summed E-state index contributed by atoms with van der Waals surface area (Å²) in [6.07, 6.45) is 6.33. The molecule has 0 radical (unpaired) electrons. The van der Waals surface area contributed by atoms with Crippen LogP contribution in [0.15, 0.2) is 18.2 Å². The lowest BCUT2D eigenvalue weighted by atomic mass is 9.87. The second kappa shape index (κ2) is 6.79. The van der Waals surface area contributed by atoms with Gasteiger partial charge in [0.15, 0.2) is 0 Å². The predicted molar refractivity (Wildman–Crippen MR) is 79.6 cm³/mol. The molecule has 1 aromatic carbocycles. The lowest BCUT2D eigenvalue weighted by molar-refractivity contribution is 0.309. The molecule has 0 aliphatic heterocycles.